The fraction of sp³-hybridized carbons (Fsp3) is 0.471. The Labute approximate surface area is 156 Å². The quantitative estimate of drug-likeness (QED) is 0.746. The standard InChI is InChI=1S/C17H21ClN4O2S/c1-12(2)15(16(23)21-6-8-24-9-7-21)25-17-20-19-11-22(17)14-5-3-4-13(18)10-14/h3-5,10-12,15H,6-9H2,1-2H3. The zero-order valence-corrected chi connectivity index (χ0v) is 15.8. The van der Waals surface area contributed by atoms with Crippen molar-refractivity contribution in [3.8, 4) is 5.69 Å². The van der Waals surface area contributed by atoms with Gasteiger partial charge in [0.05, 0.1) is 24.2 Å². The minimum absolute atomic E-state index is 0.129. The number of benzene rings is 1. The molecule has 1 fully saturated rings. The average molecular weight is 381 g/mol. The first-order chi connectivity index (χ1) is 12.1. The van der Waals surface area contributed by atoms with E-state index in [0.717, 1.165) is 5.69 Å². The molecule has 1 aliphatic heterocycles. The molecule has 6 nitrogen and oxygen atoms in total. The molecule has 1 aromatic carbocycles. The second-order valence-electron chi connectivity index (χ2n) is 6.18. The molecule has 0 saturated carbocycles. The third-order valence-corrected chi connectivity index (χ3v) is 5.73. The molecule has 2 heterocycles. The van der Waals surface area contributed by atoms with Gasteiger partial charge in [0.1, 0.15) is 6.33 Å². The molecule has 1 unspecified atom stereocenters. The summed E-state index contributed by atoms with van der Waals surface area (Å²) in [5.74, 6) is 0.300. The van der Waals surface area contributed by atoms with Crippen LogP contribution in [0.25, 0.3) is 5.69 Å². The predicted molar refractivity (Wildman–Crippen MR) is 98.3 cm³/mol. The number of hydrogen-bond acceptors (Lipinski definition) is 5. The minimum atomic E-state index is -0.222. The van der Waals surface area contributed by atoms with Gasteiger partial charge in [-0.05, 0) is 24.1 Å². The van der Waals surface area contributed by atoms with Gasteiger partial charge in [0.25, 0.3) is 0 Å². The molecule has 25 heavy (non-hydrogen) atoms. The van der Waals surface area contributed by atoms with Crippen molar-refractivity contribution in [3.05, 3.63) is 35.6 Å². The molecule has 0 aliphatic carbocycles. The van der Waals surface area contributed by atoms with E-state index < -0.39 is 0 Å². The highest BCUT2D eigenvalue weighted by molar-refractivity contribution is 8.00. The Balaban J connectivity index is 1.81. The van der Waals surface area contributed by atoms with Gasteiger partial charge >= 0.3 is 0 Å². The van der Waals surface area contributed by atoms with Gasteiger partial charge in [-0.2, -0.15) is 0 Å². The molecule has 1 aliphatic rings. The molecule has 0 bridgehead atoms. The second-order valence-corrected chi connectivity index (χ2v) is 7.73. The molecular weight excluding hydrogens is 360 g/mol. The van der Waals surface area contributed by atoms with Gasteiger partial charge in [-0.1, -0.05) is 43.3 Å². The number of ether oxygens (including phenoxy) is 1. The van der Waals surface area contributed by atoms with Crippen molar-refractivity contribution in [2.75, 3.05) is 26.3 Å². The Morgan fingerprint density at radius 3 is 2.76 bits per heavy atom. The van der Waals surface area contributed by atoms with Crippen LogP contribution in [-0.4, -0.2) is 57.1 Å². The Bertz CT molecular complexity index is 731. The summed E-state index contributed by atoms with van der Waals surface area (Å²) in [5, 5.41) is 9.33. The van der Waals surface area contributed by atoms with Crippen molar-refractivity contribution in [3.63, 3.8) is 0 Å². The minimum Gasteiger partial charge on any atom is -0.378 e. The lowest BCUT2D eigenvalue weighted by molar-refractivity contribution is -0.135. The fourth-order valence-electron chi connectivity index (χ4n) is 2.66. The van der Waals surface area contributed by atoms with Crippen molar-refractivity contribution in [2.24, 2.45) is 5.92 Å². The van der Waals surface area contributed by atoms with E-state index in [2.05, 4.69) is 24.0 Å². The molecule has 1 atom stereocenters. The number of amides is 1. The monoisotopic (exact) mass is 380 g/mol. The van der Waals surface area contributed by atoms with Crippen LogP contribution in [0.5, 0.6) is 0 Å². The summed E-state index contributed by atoms with van der Waals surface area (Å²) in [6.45, 7) is 6.58. The van der Waals surface area contributed by atoms with Gasteiger partial charge in [0.2, 0.25) is 5.91 Å². The zero-order chi connectivity index (χ0) is 17.8. The summed E-state index contributed by atoms with van der Waals surface area (Å²) in [5.41, 5.74) is 0.876. The molecule has 0 N–H and O–H groups in total. The van der Waals surface area contributed by atoms with Gasteiger partial charge in [-0.3, -0.25) is 9.36 Å². The molecule has 0 radical (unpaired) electrons. The van der Waals surface area contributed by atoms with E-state index in [1.165, 1.54) is 11.8 Å². The van der Waals surface area contributed by atoms with Crippen LogP contribution in [0.1, 0.15) is 13.8 Å². The smallest absolute Gasteiger partial charge is 0.236 e. The van der Waals surface area contributed by atoms with Crippen LogP contribution < -0.4 is 0 Å². The maximum atomic E-state index is 12.9. The number of halogens is 1. The number of rotatable bonds is 5. The van der Waals surface area contributed by atoms with Gasteiger partial charge in [-0.25, -0.2) is 0 Å². The van der Waals surface area contributed by atoms with Crippen LogP contribution in [0.2, 0.25) is 5.02 Å². The number of thioether (sulfide) groups is 1. The number of carbonyl (C=O) groups is 1. The van der Waals surface area contributed by atoms with Gasteiger partial charge in [0.15, 0.2) is 5.16 Å². The summed E-state index contributed by atoms with van der Waals surface area (Å²) in [4.78, 5) is 14.8. The summed E-state index contributed by atoms with van der Waals surface area (Å²) in [6, 6.07) is 7.49. The normalized spacial score (nSPS) is 16.2. The molecule has 2 aromatic rings. The Hall–Kier alpha value is -1.57. The van der Waals surface area contributed by atoms with Gasteiger partial charge < -0.3 is 9.64 Å². The summed E-state index contributed by atoms with van der Waals surface area (Å²) >= 11 is 7.54. The molecular formula is C17H21ClN4O2S. The number of carbonyl (C=O) groups excluding carboxylic acids is 1. The van der Waals surface area contributed by atoms with E-state index in [9.17, 15) is 4.79 Å². The summed E-state index contributed by atoms with van der Waals surface area (Å²) in [6.07, 6.45) is 1.64. The zero-order valence-electron chi connectivity index (χ0n) is 14.3. The van der Waals surface area contributed by atoms with Gasteiger partial charge in [-0.15, -0.1) is 10.2 Å². The van der Waals surface area contributed by atoms with E-state index in [1.807, 2.05) is 33.7 Å². The molecule has 1 saturated heterocycles. The fourth-order valence-corrected chi connectivity index (χ4v) is 3.95. The highest BCUT2D eigenvalue weighted by atomic mass is 35.5. The average Bonchev–Trinajstić information content (AvgIpc) is 3.08. The molecule has 1 aromatic heterocycles. The van der Waals surface area contributed by atoms with E-state index in [1.54, 1.807) is 6.33 Å². The highest BCUT2D eigenvalue weighted by Crippen LogP contribution is 2.30. The van der Waals surface area contributed by atoms with Crippen LogP contribution in [0.4, 0.5) is 0 Å². The number of aromatic nitrogens is 3. The van der Waals surface area contributed by atoms with E-state index in [-0.39, 0.29) is 17.1 Å². The van der Waals surface area contributed by atoms with Crippen molar-refractivity contribution in [2.45, 2.75) is 24.3 Å². The van der Waals surface area contributed by atoms with Crippen molar-refractivity contribution in [1.29, 1.82) is 0 Å². The molecule has 1 amide bonds. The first kappa shape index (κ1) is 18.2. The van der Waals surface area contributed by atoms with Crippen LogP contribution in [0.15, 0.2) is 35.7 Å². The first-order valence-electron chi connectivity index (χ1n) is 8.25. The summed E-state index contributed by atoms with van der Waals surface area (Å²) < 4.78 is 7.20. The maximum absolute atomic E-state index is 12.9. The Morgan fingerprint density at radius 2 is 2.08 bits per heavy atom. The molecule has 0 spiro atoms. The second kappa shape index (κ2) is 8.21. The van der Waals surface area contributed by atoms with Crippen molar-refractivity contribution < 1.29 is 9.53 Å². The third kappa shape index (κ3) is 4.34. The van der Waals surface area contributed by atoms with E-state index >= 15 is 0 Å². The van der Waals surface area contributed by atoms with Crippen molar-refractivity contribution in [1.82, 2.24) is 19.7 Å². The Kier molecular flexibility index (Phi) is 5.98. The Morgan fingerprint density at radius 1 is 1.32 bits per heavy atom. The van der Waals surface area contributed by atoms with Crippen molar-refractivity contribution >= 4 is 29.3 Å². The van der Waals surface area contributed by atoms with Crippen LogP contribution in [0.3, 0.4) is 0 Å². The maximum Gasteiger partial charge on any atom is 0.236 e. The predicted octanol–water partition coefficient (Wildman–Crippen LogP) is 2.90. The highest BCUT2D eigenvalue weighted by Gasteiger charge is 2.30. The lowest BCUT2D eigenvalue weighted by Gasteiger charge is -2.31. The van der Waals surface area contributed by atoms with E-state index in [4.69, 9.17) is 16.3 Å². The van der Waals surface area contributed by atoms with Crippen LogP contribution in [-0.2, 0) is 9.53 Å². The number of nitrogens with zero attached hydrogens (tertiary/aromatic N) is 4. The lowest BCUT2D eigenvalue weighted by Crippen LogP contribution is -2.46. The van der Waals surface area contributed by atoms with Gasteiger partial charge in [0, 0.05) is 18.1 Å². The van der Waals surface area contributed by atoms with Crippen LogP contribution in [0, 0.1) is 5.92 Å². The third-order valence-electron chi connectivity index (χ3n) is 4.01. The SMILES string of the molecule is CC(C)C(Sc1nncn1-c1cccc(Cl)c1)C(=O)N1CCOCC1. The molecule has 8 heteroatoms. The number of hydrogen-bond donors (Lipinski definition) is 0. The first-order valence-corrected chi connectivity index (χ1v) is 9.51. The topological polar surface area (TPSA) is 60.2 Å². The lowest BCUT2D eigenvalue weighted by atomic mass is 10.1. The summed E-state index contributed by atoms with van der Waals surface area (Å²) in [7, 11) is 0. The van der Waals surface area contributed by atoms with Crippen LogP contribution >= 0.6 is 23.4 Å². The molecule has 3 rings (SSSR count). The number of morpholine rings is 1. The molecule has 134 valence electrons. The van der Waals surface area contributed by atoms with E-state index in [0.29, 0.717) is 36.5 Å². The largest absolute Gasteiger partial charge is 0.378 e.